The number of carbonyl (C=O) groups is 1. The van der Waals surface area contributed by atoms with Gasteiger partial charge in [0, 0.05) is 24.5 Å². The van der Waals surface area contributed by atoms with Crippen molar-refractivity contribution in [2.75, 3.05) is 33.3 Å². The van der Waals surface area contributed by atoms with Crippen molar-refractivity contribution in [3.8, 4) is 0 Å². The molecule has 1 atom stereocenters. The largest absolute Gasteiger partial charge is 0.396 e. The maximum atomic E-state index is 12.5. The SMILES string of the molecule is C=CCC1(CO)CCCN(C(=O)CN(C)C2CCCC2)C1. The van der Waals surface area contributed by atoms with Gasteiger partial charge in [-0.3, -0.25) is 9.69 Å². The Kier molecular flexibility index (Phi) is 5.82. The molecule has 1 aliphatic heterocycles. The number of rotatable bonds is 6. The Morgan fingerprint density at radius 2 is 2.14 bits per heavy atom. The van der Waals surface area contributed by atoms with E-state index in [1.807, 2.05) is 11.0 Å². The number of likely N-dealkylation sites (tertiary alicyclic amines) is 1. The first-order valence-corrected chi connectivity index (χ1v) is 8.30. The smallest absolute Gasteiger partial charge is 0.236 e. The van der Waals surface area contributed by atoms with Gasteiger partial charge >= 0.3 is 0 Å². The Labute approximate surface area is 128 Å². The Balaban J connectivity index is 1.90. The number of nitrogens with zero attached hydrogens (tertiary/aromatic N) is 2. The third kappa shape index (κ3) is 4.07. The lowest BCUT2D eigenvalue weighted by Gasteiger charge is -2.42. The Morgan fingerprint density at radius 1 is 1.43 bits per heavy atom. The molecule has 0 aromatic rings. The molecule has 1 unspecified atom stereocenters. The molecule has 120 valence electrons. The van der Waals surface area contributed by atoms with Crippen LogP contribution in [-0.2, 0) is 4.79 Å². The van der Waals surface area contributed by atoms with Crippen molar-refractivity contribution in [2.24, 2.45) is 5.41 Å². The number of piperidine rings is 1. The van der Waals surface area contributed by atoms with Gasteiger partial charge in [-0.1, -0.05) is 18.9 Å². The molecule has 2 rings (SSSR count). The van der Waals surface area contributed by atoms with Gasteiger partial charge in [-0.2, -0.15) is 0 Å². The summed E-state index contributed by atoms with van der Waals surface area (Å²) in [6.45, 7) is 5.95. The molecular weight excluding hydrogens is 264 g/mol. The summed E-state index contributed by atoms with van der Waals surface area (Å²) in [7, 11) is 2.07. The molecule has 0 spiro atoms. The van der Waals surface area contributed by atoms with E-state index in [4.69, 9.17) is 0 Å². The third-order valence-corrected chi connectivity index (χ3v) is 5.26. The van der Waals surface area contributed by atoms with E-state index in [-0.39, 0.29) is 17.9 Å². The summed E-state index contributed by atoms with van der Waals surface area (Å²) in [5.41, 5.74) is -0.165. The van der Waals surface area contributed by atoms with Crippen molar-refractivity contribution in [1.82, 2.24) is 9.80 Å². The van der Waals surface area contributed by atoms with Gasteiger partial charge in [-0.25, -0.2) is 0 Å². The van der Waals surface area contributed by atoms with Crippen LogP contribution < -0.4 is 0 Å². The summed E-state index contributed by atoms with van der Waals surface area (Å²) in [5, 5.41) is 9.73. The van der Waals surface area contributed by atoms with Crippen LogP contribution in [0.5, 0.6) is 0 Å². The molecule has 2 fully saturated rings. The highest BCUT2D eigenvalue weighted by atomic mass is 16.3. The van der Waals surface area contributed by atoms with Crippen molar-refractivity contribution in [3.63, 3.8) is 0 Å². The number of amides is 1. The Morgan fingerprint density at radius 3 is 2.76 bits per heavy atom. The maximum absolute atomic E-state index is 12.5. The van der Waals surface area contributed by atoms with Gasteiger partial charge in [0.25, 0.3) is 0 Å². The topological polar surface area (TPSA) is 43.8 Å². The fourth-order valence-electron chi connectivity index (χ4n) is 3.87. The molecule has 2 aliphatic rings. The first kappa shape index (κ1) is 16.5. The van der Waals surface area contributed by atoms with E-state index in [0.29, 0.717) is 19.1 Å². The van der Waals surface area contributed by atoms with E-state index >= 15 is 0 Å². The van der Waals surface area contributed by atoms with Gasteiger partial charge in [-0.05, 0) is 39.2 Å². The predicted molar refractivity (Wildman–Crippen MR) is 85.0 cm³/mol. The molecule has 0 aromatic heterocycles. The van der Waals surface area contributed by atoms with Crippen LogP contribution in [0.3, 0.4) is 0 Å². The minimum absolute atomic E-state index is 0.140. The number of likely N-dealkylation sites (N-methyl/N-ethyl adjacent to an activating group) is 1. The van der Waals surface area contributed by atoms with Crippen LogP contribution in [0.1, 0.15) is 44.9 Å². The fourth-order valence-corrected chi connectivity index (χ4v) is 3.87. The first-order valence-electron chi connectivity index (χ1n) is 8.30. The zero-order chi connectivity index (χ0) is 15.3. The fraction of sp³-hybridized carbons (Fsp3) is 0.824. The second kappa shape index (κ2) is 7.41. The third-order valence-electron chi connectivity index (χ3n) is 5.26. The molecule has 0 radical (unpaired) electrons. The van der Waals surface area contributed by atoms with Crippen molar-refractivity contribution < 1.29 is 9.90 Å². The molecule has 1 saturated heterocycles. The second-order valence-electron chi connectivity index (χ2n) is 6.92. The molecule has 1 aliphatic carbocycles. The Hall–Kier alpha value is -0.870. The molecular formula is C17H30N2O2. The summed E-state index contributed by atoms with van der Waals surface area (Å²) in [6.07, 6.45) is 9.65. The number of carbonyl (C=O) groups excluding carboxylic acids is 1. The van der Waals surface area contributed by atoms with Crippen LogP contribution in [0, 0.1) is 5.41 Å². The highest BCUT2D eigenvalue weighted by Crippen LogP contribution is 2.33. The van der Waals surface area contributed by atoms with Crippen molar-refractivity contribution in [1.29, 1.82) is 0 Å². The average Bonchev–Trinajstić information content (AvgIpc) is 3.02. The highest BCUT2D eigenvalue weighted by molar-refractivity contribution is 5.78. The van der Waals surface area contributed by atoms with Crippen LogP contribution in [-0.4, -0.2) is 60.1 Å². The molecule has 4 heteroatoms. The minimum atomic E-state index is -0.165. The highest BCUT2D eigenvalue weighted by Gasteiger charge is 2.36. The summed E-state index contributed by atoms with van der Waals surface area (Å²) in [4.78, 5) is 16.7. The van der Waals surface area contributed by atoms with E-state index in [9.17, 15) is 9.90 Å². The summed E-state index contributed by atoms with van der Waals surface area (Å²) < 4.78 is 0. The summed E-state index contributed by atoms with van der Waals surface area (Å²) >= 11 is 0. The molecule has 4 nitrogen and oxygen atoms in total. The van der Waals surface area contributed by atoms with Crippen LogP contribution in [0.15, 0.2) is 12.7 Å². The van der Waals surface area contributed by atoms with Crippen LogP contribution >= 0.6 is 0 Å². The maximum Gasteiger partial charge on any atom is 0.236 e. The standard InChI is InChI=1S/C17H30N2O2/c1-3-9-17(14-20)10-6-11-19(13-17)16(21)12-18(2)15-7-4-5-8-15/h3,15,20H,1,4-14H2,2H3. The van der Waals surface area contributed by atoms with Crippen molar-refractivity contribution in [3.05, 3.63) is 12.7 Å². The average molecular weight is 294 g/mol. The molecule has 1 saturated carbocycles. The molecule has 0 bridgehead atoms. The monoisotopic (exact) mass is 294 g/mol. The number of hydrogen-bond donors (Lipinski definition) is 1. The molecule has 1 amide bonds. The number of allylic oxidation sites excluding steroid dienone is 1. The van der Waals surface area contributed by atoms with E-state index in [2.05, 4.69) is 18.5 Å². The number of hydrogen-bond acceptors (Lipinski definition) is 3. The zero-order valence-electron chi connectivity index (χ0n) is 13.4. The lowest BCUT2D eigenvalue weighted by molar-refractivity contribution is -0.136. The molecule has 21 heavy (non-hydrogen) atoms. The lowest BCUT2D eigenvalue weighted by Crippen LogP contribution is -2.50. The lowest BCUT2D eigenvalue weighted by atomic mass is 9.78. The minimum Gasteiger partial charge on any atom is -0.396 e. The van der Waals surface area contributed by atoms with E-state index in [0.717, 1.165) is 25.8 Å². The summed E-state index contributed by atoms with van der Waals surface area (Å²) in [6, 6.07) is 0.578. The van der Waals surface area contributed by atoms with Gasteiger partial charge in [-0.15, -0.1) is 6.58 Å². The van der Waals surface area contributed by atoms with Gasteiger partial charge < -0.3 is 10.0 Å². The normalized spacial score (nSPS) is 27.3. The van der Waals surface area contributed by atoms with E-state index in [1.54, 1.807) is 0 Å². The van der Waals surface area contributed by atoms with Gasteiger partial charge in [0.2, 0.25) is 5.91 Å². The van der Waals surface area contributed by atoms with Crippen molar-refractivity contribution >= 4 is 5.91 Å². The van der Waals surface area contributed by atoms with E-state index < -0.39 is 0 Å². The van der Waals surface area contributed by atoms with Crippen LogP contribution in [0.25, 0.3) is 0 Å². The van der Waals surface area contributed by atoms with Crippen molar-refractivity contribution in [2.45, 2.75) is 51.0 Å². The number of aliphatic hydroxyl groups is 1. The summed E-state index contributed by atoms with van der Waals surface area (Å²) in [5.74, 6) is 0.214. The van der Waals surface area contributed by atoms with Crippen LogP contribution in [0.4, 0.5) is 0 Å². The van der Waals surface area contributed by atoms with Gasteiger partial charge in [0.1, 0.15) is 0 Å². The predicted octanol–water partition coefficient (Wildman–Crippen LogP) is 2.04. The molecule has 1 N–H and O–H groups in total. The van der Waals surface area contributed by atoms with Crippen LogP contribution in [0.2, 0.25) is 0 Å². The second-order valence-corrected chi connectivity index (χ2v) is 6.92. The molecule has 0 aromatic carbocycles. The Bertz CT molecular complexity index is 366. The van der Waals surface area contributed by atoms with Gasteiger partial charge in [0.05, 0.1) is 13.2 Å². The molecule has 1 heterocycles. The number of aliphatic hydroxyl groups excluding tert-OH is 1. The zero-order valence-corrected chi connectivity index (χ0v) is 13.4. The quantitative estimate of drug-likeness (QED) is 0.762. The van der Waals surface area contributed by atoms with Gasteiger partial charge in [0.15, 0.2) is 0 Å². The first-order chi connectivity index (χ1) is 10.1. The van der Waals surface area contributed by atoms with E-state index in [1.165, 1.54) is 25.7 Å².